The van der Waals surface area contributed by atoms with Crippen molar-refractivity contribution in [3.63, 3.8) is 0 Å². The molecule has 0 saturated carbocycles. The Labute approximate surface area is 123 Å². The molecule has 0 aliphatic heterocycles. The lowest BCUT2D eigenvalue weighted by atomic mass is 10.2. The van der Waals surface area contributed by atoms with Crippen LogP contribution in [-0.4, -0.2) is 4.98 Å². The first-order valence-electron chi connectivity index (χ1n) is 6.36. The van der Waals surface area contributed by atoms with Crippen LogP contribution in [0.1, 0.15) is 0 Å². The second kappa shape index (κ2) is 4.39. The summed E-state index contributed by atoms with van der Waals surface area (Å²) in [6, 6.07) is 11.6. The third-order valence-electron chi connectivity index (χ3n) is 3.32. The summed E-state index contributed by atoms with van der Waals surface area (Å²) >= 11 is 1.71. The van der Waals surface area contributed by atoms with Gasteiger partial charge in [0.2, 0.25) is 0 Å². The molecular formula is C15H11N3O2S. The summed E-state index contributed by atoms with van der Waals surface area (Å²) in [6.45, 7) is 0. The number of nitrogen functional groups attached to an aromatic ring is 1. The standard InChI is InChI=1S/C15H11N3O2S/c16-10-6-13-12(18-15(19)20-13)7-11(10)17-9-1-2-14-8(5-9)3-4-21-14/h1-7,17H,16H2,(H,18,19). The van der Waals surface area contributed by atoms with Gasteiger partial charge in [0.15, 0.2) is 5.58 Å². The highest BCUT2D eigenvalue weighted by atomic mass is 32.1. The van der Waals surface area contributed by atoms with Crippen LogP contribution in [0.3, 0.4) is 0 Å². The predicted octanol–water partition coefficient (Wildman–Crippen LogP) is 3.66. The largest absolute Gasteiger partial charge is 0.417 e. The number of H-pyrrole nitrogens is 1. The highest BCUT2D eigenvalue weighted by Gasteiger charge is 2.07. The van der Waals surface area contributed by atoms with E-state index in [-0.39, 0.29) is 0 Å². The fourth-order valence-corrected chi connectivity index (χ4v) is 3.09. The summed E-state index contributed by atoms with van der Waals surface area (Å²) in [7, 11) is 0. The van der Waals surface area contributed by atoms with E-state index >= 15 is 0 Å². The molecule has 6 heteroatoms. The van der Waals surface area contributed by atoms with Gasteiger partial charge in [-0.3, -0.25) is 4.98 Å². The first kappa shape index (κ1) is 12.0. The first-order valence-corrected chi connectivity index (χ1v) is 7.24. The minimum Gasteiger partial charge on any atom is -0.408 e. The minimum absolute atomic E-state index is 0.455. The van der Waals surface area contributed by atoms with E-state index in [1.807, 2.05) is 6.07 Å². The van der Waals surface area contributed by atoms with Gasteiger partial charge in [-0.15, -0.1) is 11.3 Å². The lowest BCUT2D eigenvalue weighted by Crippen LogP contribution is -1.96. The fraction of sp³-hybridized carbons (Fsp3) is 0. The van der Waals surface area contributed by atoms with Crippen LogP contribution in [0.2, 0.25) is 0 Å². The summed E-state index contributed by atoms with van der Waals surface area (Å²) in [6.07, 6.45) is 0. The summed E-state index contributed by atoms with van der Waals surface area (Å²) in [5.74, 6) is -0.485. The molecule has 21 heavy (non-hydrogen) atoms. The Bertz CT molecular complexity index is 1010. The number of hydrogen-bond acceptors (Lipinski definition) is 5. The average Bonchev–Trinajstić information content (AvgIpc) is 3.04. The molecule has 2 aromatic heterocycles. The van der Waals surface area contributed by atoms with Gasteiger partial charge in [0, 0.05) is 16.5 Å². The van der Waals surface area contributed by atoms with E-state index in [0.717, 1.165) is 11.4 Å². The van der Waals surface area contributed by atoms with E-state index in [1.165, 1.54) is 10.1 Å². The molecule has 2 heterocycles. The molecule has 0 fully saturated rings. The van der Waals surface area contributed by atoms with E-state index in [1.54, 1.807) is 23.5 Å². The van der Waals surface area contributed by atoms with Crippen molar-refractivity contribution in [1.29, 1.82) is 0 Å². The van der Waals surface area contributed by atoms with Crippen LogP contribution in [0.4, 0.5) is 17.1 Å². The maximum atomic E-state index is 11.2. The predicted molar refractivity (Wildman–Crippen MR) is 86.4 cm³/mol. The Morgan fingerprint density at radius 1 is 1.19 bits per heavy atom. The maximum Gasteiger partial charge on any atom is 0.417 e. The maximum absolute atomic E-state index is 11.2. The quantitative estimate of drug-likeness (QED) is 0.493. The van der Waals surface area contributed by atoms with Gasteiger partial charge in [0.25, 0.3) is 0 Å². The molecule has 104 valence electrons. The van der Waals surface area contributed by atoms with Gasteiger partial charge in [0.05, 0.1) is 16.9 Å². The van der Waals surface area contributed by atoms with Crippen LogP contribution >= 0.6 is 11.3 Å². The highest BCUT2D eigenvalue weighted by Crippen LogP contribution is 2.30. The zero-order valence-corrected chi connectivity index (χ0v) is 11.7. The second-order valence-corrected chi connectivity index (χ2v) is 5.70. The average molecular weight is 297 g/mol. The molecule has 0 amide bonds. The Kier molecular flexibility index (Phi) is 2.52. The van der Waals surface area contributed by atoms with E-state index in [9.17, 15) is 4.79 Å². The molecule has 0 unspecified atom stereocenters. The van der Waals surface area contributed by atoms with Crippen molar-refractivity contribution < 1.29 is 4.42 Å². The SMILES string of the molecule is Nc1cc2oc(=O)[nH]c2cc1Nc1ccc2sccc2c1. The van der Waals surface area contributed by atoms with Crippen molar-refractivity contribution in [3.05, 3.63) is 52.3 Å². The Balaban J connectivity index is 1.78. The van der Waals surface area contributed by atoms with Crippen LogP contribution in [-0.2, 0) is 0 Å². The number of anilines is 3. The molecule has 0 aliphatic carbocycles. The lowest BCUT2D eigenvalue weighted by molar-refractivity contribution is 0.555. The number of aromatic nitrogens is 1. The van der Waals surface area contributed by atoms with Crippen molar-refractivity contribution in [2.75, 3.05) is 11.1 Å². The molecule has 0 aliphatic rings. The zero-order chi connectivity index (χ0) is 14.4. The van der Waals surface area contributed by atoms with Gasteiger partial charge in [-0.1, -0.05) is 0 Å². The Morgan fingerprint density at radius 3 is 3.00 bits per heavy atom. The molecule has 5 nitrogen and oxygen atoms in total. The molecular weight excluding hydrogens is 286 g/mol. The summed E-state index contributed by atoms with van der Waals surface area (Å²) in [4.78, 5) is 13.8. The van der Waals surface area contributed by atoms with Crippen LogP contribution in [0.15, 0.2) is 51.0 Å². The molecule has 0 bridgehead atoms. The van der Waals surface area contributed by atoms with Crippen LogP contribution in [0.25, 0.3) is 21.2 Å². The number of fused-ring (bicyclic) bond motifs is 2. The zero-order valence-electron chi connectivity index (χ0n) is 10.8. The molecule has 4 N–H and O–H groups in total. The van der Waals surface area contributed by atoms with E-state index < -0.39 is 5.76 Å². The third-order valence-corrected chi connectivity index (χ3v) is 4.22. The second-order valence-electron chi connectivity index (χ2n) is 4.75. The van der Waals surface area contributed by atoms with Crippen molar-refractivity contribution in [3.8, 4) is 0 Å². The van der Waals surface area contributed by atoms with Gasteiger partial charge in [0.1, 0.15) is 0 Å². The van der Waals surface area contributed by atoms with Crippen molar-refractivity contribution >= 4 is 49.6 Å². The Hall–Kier alpha value is -2.73. The number of oxazole rings is 1. The number of hydrogen-bond donors (Lipinski definition) is 3. The summed E-state index contributed by atoms with van der Waals surface area (Å²) in [5, 5.41) is 6.51. The van der Waals surface area contributed by atoms with Crippen molar-refractivity contribution in [2.45, 2.75) is 0 Å². The smallest absolute Gasteiger partial charge is 0.408 e. The van der Waals surface area contributed by atoms with Gasteiger partial charge in [-0.25, -0.2) is 4.79 Å². The van der Waals surface area contributed by atoms with E-state index in [4.69, 9.17) is 10.2 Å². The van der Waals surface area contributed by atoms with E-state index in [2.05, 4.69) is 33.9 Å². The normalized spacial score (nSPS) is 11.2. The Morgan fingerprint density at radius 2 is 2.10 bits per heavy atom. The molecule has 0 radical (unpaired) electrons. The van der Waals surface area contributed by atoms with Gasteiger partial charge in [-0.05, 0) is 41.1 Å². The number of nitrogens with two attached hydrogens (primary N) is 1. The monoisotopic (exact) mass is 297 g/mol. The number of aromatic amines is 1. The topological polar surface area (TPSA) is 84.0 Å². The van der Waals surface area contributed by atoms with E-state index in [0.29, 0.717) is 16.8 Å². The molecule has 0 spiro atoms. The van der Waals surface area contributed by atoms with Crippen LogP contribution in [0.5, 0.6) is 0 Å². The minimum atomic E-state index is -0.485. The molecule has 0 saturated heterocycles. The molecule has 4 aromatic rings. The van der Waals surface area contributed by atoms with Crippen LogP contribution in [0, 0.1) is 0 Å². The highest BCUT2D eigenvalue weighted by molar-refractivity contribution is 7.17. The first-order chi connectivity index (χ1) is 10.2. The number of benzene rings is 2. The fourth-order valence-electron chi connectivity index (χ4n) is 2.32. The third kappa shape index (κ3) is 2.05. The molecule has 0 atom stereocenters. The van der Waals surface area contributed by atoms with Crippen molar-refractivity contribution in [2.24, 2.45) is 0 Å². The van der Waals surface area contributed by atoms with Gasteiger partial charge in [-0.2, -0.15) is 0 Å². The number of nitrogens with one attached hydrogen (secondary N) is 2. The van der Waals surface area contributed by atoms with Crippen molar-refractivity contribution in [1.82, 2.24) is 4.98 Å². The molecule has 4 rings (SSSR count). The van der Waals surface area contributed by atoms with Gasteiger partial charge < -0.3 is 15.5 Å². The number of rotatable bonds is 2. The lowest BCUT2D eigenvalue weighted by Gasteiger charge is -2.09. The summed E-state index contributed by atoms with van der Waals surface area (Å²) < 4.78 is 6.22. The molecule has 2 aromatic carbocycles. The number of thiophene rings is 1. The van der Waals surface area contributed by atoms with Gasteiger partial charge >= 0.3 is 5.76 Å². The summed E-state index contributed by atoms with van der Waals surface area (Å²) in [5.41, 5.74) is 9.27. The van der Waals surface area contributed by atoms with Crippen LogP contribution < -0.4 is 16.8 Å².